The number of nitrogens with one attached hydrogen (secondary N) is 1. The first-order valence-electron chi connectivity index (χ1n) is 5.74. The van der Waals surface area contributed by atoms with Crippen LogP contribution in [0.2, 0.25) is 0 Å². The molecule has 0 saturated heterocycles. The Kier molecular flexibility index (Phi) is 4.66. The Morgan fingerprint density at radius 3 is 2.19 bits per heavy atom. The molecule has 1 aromatic carbocycles. The van der Waals surface area contributed by atoms with Crippen molar-refractivity contribution in [3.05, 3.63) is 23.3 Å². The van der Waals surface area contributed by atoms with Crippen molar-refractivity contribution < 1.29 is 26.7 Å². The molecular formula is C11H16N2O6S2. The predicted molar refractivity (Wildman–Crippen MR) is 76.9 cm³/mol. The Morgan fingerprint density at radius 1 is 1.24 bits per heavy atom. The number of rotatable bonds is 5. The van der Waals surface area contributed by atoms with Gasteiger partial charge in [-0.2, -0.15) is 0 Å². The van der Waals surface area contributed by atoms with Crippen molar-refractivity contribution in [2.75, 3.05) is 4.72 Å². The van der Waals surface area contributed by atoms with Crippen LogP contribution in [0.1, 0.15) is 18.1 Å². The maximum absolute atomic E-state index is 11.9. The van der Waals surface area contributed by atoms with E-state index in [1.54, 1.807) is 13.8 Å². The van der Waals surface area contributed by atoms with Gasteiger partial charge in [-0.15, -0.1) is 0 Å². The van der Waals surface area contributed by atoms with E-state index in [4.69, 9.17) is 10.2 Å². The molecule has 0 aliphatic heterocycles. The number of anilines is 1. The highest BCUT2D eigenvalue weighted by Crippen LogP contribution is 2.25. The molecule has 0 bridgehead atoms. The minimum Gasteiger partial charge on any atom is -0.480 e. The molecule has 1 rings (SSSR count). The van der Waals surface area contributed by atoms with Crippen molar-refractivity contribution in [1.29, 1.82) is 0 Å². The first-order valence-corrected chi connectivity index (χ1v) is 8.84. The molecule has 4 N–H and O–H groups in total. The quantitative estimate of drug-likeness (QED) is 0.699. The van der Waals surface area contributed by atoms with Crippen molar-refractivity contribution in [2.24, 2.45) is 5.14 Å². The van der Waals surface area contributed by atoms with E-state index in [2.05, 4.69) is 4.72 Å². The molecule has 10 heteroatoms. The number of carbonyl (C=O) groups is 1. The summed E-state index contributed by atoms with van der Waals surface area (Å²) in [6.07, 6.45) is 0. The lowest BCUT2D eigenvalue weighted by molar-refractivity contribution is -0.136. The second kappa shape index (κ2) is 5.62. The molecule has 1 aromatic rings. The fraction of sp³-hybridized carbons (Fsp3) is 0.364. The van der Waals surface area contributed by atoms with Crippen LogP contribution in [0.5, 0.6) is 0 Å². The lowest BCUT2D eigenvalue weighted by Crippen LogP contribution is -2.32. The molecular weight excluding hydrogens is 320 g/mol. The molecule has 0 aliphatic carbocycles. The molecule has 0 fully saturated rings. The van der Waals surface area contributed by atoms with Crippen LogP contribution in [0.25, 0.3) is 0 Å². The third kappa shape index (κ3) is 3.93. The van der Waals surface area contributed by atoms with Crippen molar-refractivity contribution in [1.82, 2.24) is 0 Å². The number of carboxylic acid groups (broad SMARTS) is 1. The van der Waals surface area contributed by atoms with Gasteiger partial charge in [0.15, 0.2) is 5.25 Å². The Morgan fingerprint density at radius 2 is 1.76 bits per heavy atom. The Labute approximate surface area is 123 Å². The summed E-state index contributed by atoms with van der Waals surface area (Å²) in [4.78, 5) is 10.5. The number of aryl methyl sites for hydroxylation is 1. The molecule has 118 valence electrons. The van der Waals surface area contributed by atoms with Gasteiger partial charge < -0.3 is 5.11 Å². The van der Waals surface area contributed by atoms with Crippen LogP contribution in [0, 0.1) is 13.8 Å². The second-order valence-electron chi connectivity index (χ2n) is 4.59. The highest BCUT2D eigenvalue weighted by molar-refractivity contribution is 7.94. The number of carboxylic acids is 1. The summed E-state index contributed by atoms with van der Waals surface area (Å²) in [6.45, 7) is 4.17. The number of hydrogen-bond donors (Lipinski definition) is 3. The summed E-state index contributed by atoms with van der Waals surface area (Å²) in [5.74, 6) is -1.51. The minimum atomic E-state index is -4.20. The zero-order valence-electron chi connectivity index (χ0n) is 11.6. The largest absolute Gasteiger partial charge is 0.480 e. The van der Waals surface area contributed by atoms with Gasteiger partial charge in [-0.3, -0.25) is 9.52 Å². The molecule has 0 saturated carbocycles. The zero-order chi connectivity index (χ0) is 16.6. The summed E-state index contributed by atoms with van der Waals surface area (Å²) >= 11 is 0. The van der Waals surface area contributed by atoms with E-state index in [0.29, 0.717) is 11.1 Å². The average Bonchev–Trinajstić information content (AvgIpc) is 2.31. The van der Waals surface area contributed by atoms with Gasteiger partial charge in [-0.1, -0.05) is 0 Å². The standard InChI is InChI=1S/C11H16N2O6S2/c1-6-4-9(20(12,16)17)5-10(7(6)2)13-21(18,19)8(3)11(14)15/h4-5,8,13H,1-3H3,(H,14,15)(H2,12,16,17). The number of sulfonamides is 2. The topological polar surface area (TPSA) is 144 Å². The summed E-state index contributed by atoms with van der Waals surface area (Å²) in [5.41, 5.74) is 0.956. The van der Waals surface area contributed by atoms with E-state index >= 15 is 0 Å². The van der Waals surface area contributed by atoms with E-state index in [-0.39, 0.29) is 10.6 Å². The number of benzene rings is 1. The highest BCUT2D eigenvalue weighted by Gasteiger charge is 2.28. The zero-order valence-corrected chi connectivity index (χ0v) is 13.2. The molecule has 0 spiro atoms. The van der Waals surface area contributed by atoms with Gasteiger partial charge >= 0.3 is 5.97 Å². The van der Waals surface area contributed by atoms with E-state index in [0.717, 1.165) is 13.0 Å². The molecule has 0 radical (unpaired) electrons. The van der Waals surface area contributed by atoms with E-state index < -0.39 is 31.3 Å². The molecule has 0 aliphatic rings. The number of nitrogens with two attached hydrogens (primary N) is 1. The van der Waals surface area contributed by atoms with Gasteiger partial charge in [0.25, 0.3) is 0 Å². The summed E-state index contributed by atoms with van der Waals surface area (Å²) in [7, 11) is -8.21. The van der Waals surface area contributed by atoms with Crippen LogP contribution in [-0.2, 0) is 24.8 Å². The van der Waals surface area contributed by atoms with Crippen molar-refractivity contribution in [3.8, 4) is 0 Å². The van der Waals surface area contributed by atoms with Crippen LogP contribution in [0.4, 0.5) is 5.69 Å². The Bertz CT molecular complexity index is 783. The molecule has 0 amide bonds. The van der Waals surface area contributed by atoms with Crippen molar-refractivity contribution in [2.45, 2.75) is 30.9 Å². The van der Waals surface area contributed by atoms with Crippen molar-refractivity contribution >= 4 is 31.7 Å². The predicted octanol–water partition coefficient (Wildman–Crippen LogP) is 0.166. The van der Waals surface area contributed by atoms with Crippen LogP contribution in [0.15, 0.2) is 17.0 Å². The monoisotopic (exact) mass is 336 g/mol. The number of aliphatic carboxylic acids is 1. The Balaban J connectivity index is 3.39. The van der Waals surface area contributed by atoms with Gasteiger partial charge in [0.05, 0.1) is 10.6 Å². The molecule has 1 atom stereocenters. The molecule has 1 unspecified atom stereocenters. The Hall–Kier alpha value is -1.65. The second-order valence-corrected chi connectivity index (χ2v) is 8.15. The summed E-state index contributed by atoms with van der Waals surface area (Å²) in [5, 5.41) is 12.1. The van der Waals surface area contributed by atoms with Gasteiger partial charge in [-0.25, -0.2) is 22.0 Å². The lowest BCUT2D eigenvalue weighted by Gasteiger charge is -2.15. The van der Waals surface area contributed by atoms with Gasteiger partial charge in [0.2, 0.25) is 20.0 Å². The summed E-state index contributed by atoms with van der Waals surface area (Å²) in [6, 6.07) is 2.37. The van der Waals surface area contributed by atoms with Crippen LogP contribution in [-0.4, -0.2) is 33.2 Å². The fourth-order valence-electron chi connectivity index (χ4n) is 1.47. The van der Waals surface area contributed by atoms with Crippen LogP contribution >= 0.6 is 0 Å². The van der Waals surface area contributed by atoms with Gasteiger partial charge in [0, 0.05) is 0 Å². The maximum atomic E-state index is 11.9. The number of primary sulfonamides is 1. The molecule has 0 aromatic heterocycles. The molecule has 8 nitrogen and oxygen atoms in total. The smallest absolute Gasteiger partial charge is 0.323 e. The first-order chi connectivity index (χ1) is 9.36. The van der Waals surface area contributed by atoms with E-state index in [9.17, 15) is 21.6 Å². The highest BCUT2D eigenvalue weighted by atomic mass is 32.2. The first kappa shape index (κ1) is 17.4. The normalized spacial score (nSPS) is 13.7. The van der Waals surface area contributed by atoms with Crippen molar-refractivity contribution in [3.63, 3.8) is 0 Å². The van der Waals surface area contributed by atoms with E-state index in [1.807, 2.05) is 0 Å². The minimum absolute atomic E-state index is 0.0212. The van der Waals surface area contributed by atoms with E-state index in [1.165, 1.54) is 6.07 Å². The number of hydrogen-bond acceptors (Lipinski definition) is 5. The average molecular weight is 336 g/mol. The molecule has 0 heterocycles. The van der Waals surface area contributed by atoms with Gasteiger partial charge in [0.1, 0.15) is 0 Å². The fourth-order valence-corrected chi connectivity index (χ4v) is 3.05. The third-order valence-electron chi connectivity index (χ3n) is 3.03. The maximum Gasteiger partial charge on any atom is 0.323 e. The SMILES string of the molecule is Cc1cc(S(N)(=O)=O)cc(NS(=O)(=O)C(C)C(=O)O)c1C. The van der Waals surface area contributed by atoms with Crippen LogP contribution < -0.4 is 9.86 Å². The molecule has 21 heavy (non-hydrogen) atoms. The van der Waals surface area contributed by atoms with Gasteiger partial charge in [-0.05, 0) is 44.0 Å². The third-order valence-corrected chi connectivity index (χ3v) is 5.56. The summed E-state index contributed by atoms with van der Waals surface area (Å²) < 4.78 is 48.6. The lowest BCUT2D eigenvalue weighted by atomic mass is 10.1. The van der Waals surface area contributed by atoms with Crippen LogP contribution in [0.3, 0.4) is 0 Å².